The second-order valence-electron chi connectivity index (χ2n) is 11.0. The summed E-state index contributed by atoms with van der Waals surface area (Å²) in [5.74, 6) is 0.683. The van der Waals surface area contributed by atoms with Gasteiger partial charge in [0.2, 0.25) is 0 Å². The van der Waals surface area contributed by atoms with Crippen molar-refractivity contribution >= 4 is 28.1 Å². The van der Waals surface area contributed by atoms with Crippen molar-refractivity contribution < 1.29 is 4.79 Å². The van der Waals surface area contributed by atoms with E-state index in [1.807, 2.05) is 23.2 Å². The molecule has 0 bridgehead atoms. The van der Waals surface area contributed by atoms with Crippen molar-refractivity contribution in [1.82, 2.24) is 25.1 Å². The Bertz CT molecular complexity index is 1360. The Morgan fingerprint density at radius 3 is 2.66 bits per heavy atom. The Kier molecular flexibility index (Phi) is 6.21. The van der Waals surface area contributed by atoms with Crippen LogP contribution in [0.5, 0.6) is 0 Å². The summed E-state index contributed by atoms with van der Waals surface area (Å²) in [6, 6.07) is 8.16. The number of benzene rings is 1. The molecule has 182 valence electrons. The maximum absolute atomic E-state index is 13.8. The summed E-state index contributed by atoms with van der Waals surface area (Å²) in [6.45, 7) is 12.6. The van der Waals surface area contributed by atoms with Gasteiger partial charge in [0.05, 0.1) is 10.4 Å². The van der Waals surface area contributed by atoms with Gasteiger partial charge in [0.25, 0.3) is 5.91 Å². The highest BCUT2D eigenvalue weighted by Crippen LogP contribution is 2.39. The number of carbonyl (C=O) groups is 1. The van der Waals surface area contributed by atoms with Crippen LogP contribution in [0.3, 0.4) is 0 Å². The van der Waals surface area contributed by atoms with Crippen LogP contribution in [0.25, 0.3) is 32.0 Å². The number of rotatable bonds is 4. The minimum atomic E-state index is 0.0109. The Hall–Kier alpha value is -3.06. The first kappa shape index (κ1) is 23.7. The third-order valence-corrected chi connectivity index (χ3v) is 7.89. The molecule has 5 rings (SSSR count). The molecule has 1 N–H and O–H groups in total. The number of likely N-dealkylation sites (tertiary alicyclic amines) is 1. The summed E-state index contributed by atoms with van der Waals surface area (Å²) in [5.41, 5.74) is 5.86. The molecule has 4 aromatic rings. The smallest absolute Gasteiger partial charge is 0.274 e. The topological polar surface area (TPSA) is 74.8 Å². The van der Waals surface area contributed by atoms with Crippen LogP contribution in [0, 0.1) is 25.2 Å². The van der Waals surface area contributed by atoms with Crippen LogP contribution >= 0.6 is 11.3 Å². The fraction of sp³-hybridized carbons (Fsp3) is 0.429. The third-order valence-electron chi connectivity index (χ3n) is 6.76. The Morgan fingerprint density at radius 2 is 1.97 bits per heavy atom. The van der Waals surface area contributed by atoms with Crippen molar-refractivity contribution in [2.75, 3.05) is 13.1 Å². The number of amides is 1. The van der Waals surface area contributed by atoms with Gasteiger partial charge in [-0.2, -0.15) is 5.10 Å². The number of aromatic amines is 1. The molecule has 6 nitrogen and oxygen atoms in total. The average Bonchev–Trinajstić information content (AvgIpc) is 3.43. The van der Waals surface area contributed by atoms with Gasteiger partial charge < -0.3 is 4.90 Å². The zero-order valence-electron chi connectivity index (χ0n) is 21.2. The van der Waals surface area contributed by atoms with E-state index in [9.17, 15) is 4.79 Å². The molecule has 1 amide bonds. The number of aryl methyl sites for hydroxylation is 2. The van der Waals surface area contributed by atoms with Gasteiger partial charge in [0.1, 0.15) is 16.4 Å². The highest BCUT2D eigenvalue weighted by Gasteiger charge is 2.30. The van der Waals surface area contributed by atoms with Crippen molar-refractivity contribution in [3.8, 4) is 21.1 Å². The normalized spacial score (nSPS) is 15.2. The highest BCUT2D eigenvalue weighted by molar-refractivity contribution is 7.18. The molecule has 1 aliphatic heterocycles. The van der Waals surface area contributed by atoms with E-state index in [2.05, 4.69) is 61.9 Å². The molecule has 1 fully saturated rings. The SMILES string of the molecule is Cc1cc(C)c2n[nH]c(-c3nc(C(=O)N4CCC(CC(C)(C)C)CC4)c(-c4cccnc4)s3)c2c1. The summed E-state index contributed by atoms with van der Waals surface area (Å²) < 4.78 is 0. The number of nitrogens with zero attached hydrogens (tertiary/aromatic N) is 4. The summed E-state index contributed by atoms with van der Waals surface area (Å²) >= 11 is 1.53. The summed E-state index contributed by atoms with van der Waals surface area (Å²) in [6.07, 6.45) is 6.85. The van der Waals surface area contributed by atoms with E-state index in [1.54, 1.807) is 6.20 Å². The number of hydrogen-bond donors (Lipinski definition) is 1. The van der Waals surface area contributed by atoms with Gasteiger partial charge in [0.15, 0.2) is 0 Å². The summed E-state index contributed by atoms with van der Waals surface area (Å²) in [4.78, 5) is 25.8. The van der Waals surface area contributed by atoms with E-state index in [0.717, 1.165) is 63.5 Å². The van der Waals surface area contributed by atoms with Crippen molar-refractivity contribution in [3.05, 3.63) is 53.5 Å². The maximum Gasteiger partial charge on any atom is 0.274 e. The molecular weight excluding hydrogens is 454 g/mol. The molecule has 0 saturated carbocycles. The van der Waals surface area contributed by atoms with Crippen LogP contribution < -0.4 is 0 Å². The number of H-pyrrole nitrogens is 1. The number of fused-ring (bicyclic) bond motifs is 1. The van der Waals surface area contributed by atoms with Crippen LogP contribution in [0.15, 0.2) is 36.7 Å². The first-order chi connectivity index (χ1) is 16.7. The van der Waals surface area contributed by atoms with E-state index < -0.39 is 0 Å². The van der Waals surface area contributed by atoms with E-state index in [1.165, 1.54) is 23.3 Å². The van der Waals surface area contributed by atoms with Gasteiger partial charge in [-0.25, -0.2) is 4.98 Å². The molecule has 1 saturated heterocycles. The predicted molar refractivity (Wildman–Crippen MR) is 143 cm³/mol. The quantitative estimate of drug-likeness (QED) is 0.349. The number of thiazole rings is 1. The standard InChI is InChI=1S/C28H33N5OS/c1-17-13-18(2)22-21(14-17)23(32-31-22)26-30-24(25(35-26)20-7-6-10-29-16-20)27(34)33-11-8-19(9-12-33)15-28(3,4)5/h6-7,10,13-14,16,19H,8-9,11-12,15H2,1-5H3,(H,31,32). The third kappa shape index (κ3) is 4.87. The zero-order valence-corrected chi connectivity index (χ0v) is 22.0. The second kappa shape index (κ2) is 9.19. The van der Waals surface area contributed by atoms with E-state index in [4.69, 9.17) is 4.98 Å². The minimum Gasteiger partial charge on any atom is -0.337 e. The fourth-order valence-electron chi connectivity index (χ4n) is 5.25. The van der Waals surface area contributed by atoms with Crippen LogP contribution in [0.1, 0.15) is 61.6 Å². The van der Waals surface area contributed by atoms with Crippen molar-refractivity contribution in [3.63, 3.8) is 0 Å². The molecule has 0 radical (unpaired) electrons. The molecule has 7 heteroatoms. The summed E-state index contributed by atoms with van der Waals surface area (Å²) in [5, 5.41) is 9.56. The van der Waals surface area contributed by atoms with Gasteiger partial charge in [-0.15, -0.1) is 11.3 Å². The van der Waals surface area contributed by atoms with E-state index in [-0.39, 0.29) is 5.91 Å². The molecule has 35 heavy (non-hydrogen) atoms. The largest absolute Gasteiger partial charge is 0.337 e. The number of carbonyl (C=O) groups excluding carboxylic acids is 1. The van der Waals surface area contributed by atoms with Crippen LogP contribution in [-0.2, 0) is 0 Å². The van der Waals surface area contributed by atoms with Crippen molar-refractivity contribution in [1.29, 1.82) is 0 Å². The first-order valence-electron chi connectivity index (χ1n) is 12.4. The lowest BCUT2D eigenvalue weighted by Gasteiger charge is -2.34. The number of aromatic nitrogens is 4. The zero-order chi connectivity index (χ0) is 24.7. The molecule has 4 heterocycles. The molecule has 1 aliphatic rings. The minimum absolute atomic E-state index is 0.0109. The number of nitrogens with one attached hydrogen (secondary N) is 1. The molecule has 0 aliphatic carbocycles. The molecule has 1 aromatic carbocycles. The molecule has 0 atom stereocenters. The molecule has 0 unspecified atom stereocenters. The second-order valence-corrected chi connectivity index (χ2v) is 12.0. The maximum atomic E-state index is 13.8. The summed E-state index contributed by atoms with van der Waals surface area (Å²) in [7, 11) is 0. The van der Waals surface area contributed by atoms with Gasteiger partial charge >= 0.3 is 0 Å². The van der Waals surface area contributed by atoms with Gasteiger partial charge in [0, 0.05) is 36.4 Å². The van der Waals surface area contributed by atoms with E-state index >= 15 is 0 Å². The van der Waals surface area contributed by atoms with Crippen molar-refractivity contribution in [2.24, 2.45) is 11.3 Å². The fourth-order valence-corrected chi connectivity index (χ4v) is 6.31. The number of pyridine rings is 1. The monoisotopic (exact) mass is 487 g/mol. The lowest BCUT2D eigenvalue weighted by molar-refractivity contribution is 0.0665. The van der Waals surface area contributed by atoms with Crippen LogP contribution in [0.2, 0.25) is 0 Å². The first-order valence-corrected chi connectivity index (χ1v) is 13.2. The Morgan fingerprint density at radius 1 is 1.20 bits per heavy atom. The average molecular weight is 488 g/mol. The lowest BCUT2D eigenvalue weighted by Crippen LogP contribution is -2.39. The van der Waals surface area contributed by atoms with Gasteiger partial charge in [-0.1, -0.05) is 38.5 Å². The van der Waals surface area contributed by atoms with Crippen LogP contribution in [-0.4, -0.2) is 44.1 Å². The Labute approximate surface area is 210 Å². The van der Waals surface area contributed by atoms with Gasteiger partial charge in [-0.05, 0) is 62.1 Å². The number of hydrogen-bond acceptors (Lipinski definition) is 5. The molecule has 0 spiro atoms. The lowest BCUT2D eigenvalue weighted by atomic mass is 9.80. The molecular formula is C28H33N5OS. The predicted octanol–water partition coefficient (Wildman–Crippen LogP) is 6.65. The van der Waals surface area contributed by atoms with Crippen molar-refractivity contribution in [2.45, 2.75) is 53.9 Å². The highest BCUT2D eigenvalue weighted by atomic mass is 32.1. The van der Waals surface area contributed by atoms with E-state index in [0.29, 0.717) is 17.0 Å². The van der Waals surface area contributed by atoms with Crippen LogP contribution in [0.4, 0.5) is 0 Å². The molecule has 3 aromatic heterocycles. The van der Waals surface area contributed by atoms with Gasteiger partial charge in [-0.3, -0.25) is 14.9 Å². The number of piperidine rings is 1. The Balaban J connectivity index is 1.50.